The molecule has 6 nitrogen and oxygen atoms in total. The van der Waals surface area contributed by atoms with Crippen molar-refractivity contribution in [3.05, 3.63) is 48.7 Å². The van der Waals surface area contributed by atoms with Crippen LogP contribution in [0, 0.1) is 0 Å². The summed E-state index contributed by atoms with van der Waals surface area (Å²) in [6.45, 7) is 8.73. The number of esters is 1. The number of aryl methyl sites for hydroxylation is 2. The Balaban J connectivity index is 2.02. The highest BCUT2D eigenvalue weighted by Gasteiger charge is 2.27. The predicted octanol–water partition coefficient (Wildman–Crippen LogP) is 3.47. The molecule has 0 aliphatic carbocycles. The number of nitrogens with zero attached hydrogens (tertiary/aromatic N) is 1. The minimum absolute atomic E-state index is 0.122. The highest BCUT2D eigenvalue weighted by molar-refractivity contribution is 5.90. The number of nitrogens with one attached hydrogen (secondary N) is 1. The van der Waals surface area contributed by atoms with Crippen LogP contribution in [0.15, 0.2) is 43.1 Å². The standard InChI is InChI=1S/C23H30N2O4/c1-6-17(26)12-13-19(22(28)29-23(2,3)4)24-21(27)14-11-16-15-25(5)20-10-8-7-9-18(16)20/h6-10,15,19H,1,11-14H2,2-5H3,(H,24,27)/t19-/m0/s1. The molecule has 6 heteroatoms. The van der Waals surface area contributed by atoms with E-state index in [9.17, 15) is 14.4 Å². The van der Waals surface area contributed by atoms with Gasteiger partial charge in [0.15, 0.2) is 5.78 Å². The fourth-order valence-electron chi connectivity index (χ4n) is 3.15. The van der Waals surface area contributed by atoms with Crippen molar-refractivity contribution in [2.45, 2.75) is 58.1 Å². The number of carbonyl (C=O) groups excluding carboxylic acids is 3. The van der Waals surface area contributed by atoms with E-state index >= 15 is 0 Å². The molecule has 0 bridgehead atoms. The van der Waals surface area contributed by atoms with Gasteiger partial charge >= 0.3 is 5.97 Å². The maximum absolute atomic E-state index is 12.5. The number of fused-ring (bicyclic) bond motifs is 1. The van der Waals surface area contributed by atoms with Gasteiger partial charge in [-0.2, -0.15) is 0 Å². The molecule has 0 saturated carbocycles. The Morgan fingerprint density at radius 2 is 1.90 bits per heavy atom. The molecule has 0 spiro atoms. The lowest BCUT2D eigenvalue weighted by Crippen LogP contribution is -2.44. The highest BCUT2D eigenvalue weighted by atomic mass is 16.6. The van der Waals surface area contributed by atoms with E-state index in [2.05, 4.69) is 11.9 Å². The number of ether oxygens (including phenoxy) is 1. The molecule has 156 valence electrons. The third-order valence-corrected chi connectivity index (χ3v) is 4.53. The van der Waals surface area contributed by atoms with E-state index in [1.54, 1.807) is 20.8 Å². The van der Waals surface area contributed by atoms with Crippen LogP contribution in [0.25, 0.3) is 10.9 Å². The number of para-hydroxylation sites is 1. The normalized spacial score (nSPS) is 12.4. The van der Waals surface area contributed by atoms with E-state index in [1.165, 1.54) is 6.08 Å². The molecule has 29 heavy (non-hydrogen) atoms. The molecule has 0 unspecified atom stereocenters. The molecule has 0 radical (unpaired) electrons. The smallest absolute Gasteiger partial charge is 0.329 e. The Morgan fingerprint density at radius 1 is 1.21 bits per heavy atom. The van der Waals surface area contributed by atoms with Crippen LogP contribution < -0.4 is 5.32 Å². The number of aromatic nitrogens is 1. The van der Waals surface area contributed by atoms with Crippen molar-refractivity contribution in [2.24, 2.45) is 7.05 Å². The molecule has 0 aliphatic heterocycles. The Morgan fingerprint density at radius 3 is 2.55 bits per heavy atom. The first-order valence-corrected chi connectivity index (χ1v) is 9.81. The third kappa shape index (κ3) is 6.59. The summed E-state index contributed by atoms with van der Waals surface area (Å²) in [4.78, 5) is 36.6. The van der Waals surface area contributed by atoms with Crippen molar-refractivity contribution >= 4 is 28.6 Å². The molecular formula is C23H30N2O4. The fraction of sp³-hybridized carbons (Fsp3) is 0.435. The van der Waals surface area contributed by atoms with Gasteiger partial charge in [0.1, 0.15) is 11.6 Å². The van der Waals surface area contributed by atoms with Crippen LogP contribution in [0.1, 0.15) is 45.6 Å². The molecule has 1 aromatic heterocycles. The summed E-state index contributed by atoms with van der Waals surface area (Å²) in [5, 5.41) is 3.85. The predicted molar refractivity (Wildman–Crippen MR) is 113 cm³/mol. The zero-order valence-corrected chi connectivity index (χ0v) is 17.7. The molecule has 1 amide bonds. The number of benzene rings is 1. The van der Waals surface area contributed by atoms with Gasteiger partial charge < -0.3 is 14.6 Å². The van der Waals surface area contributed by atoms with E-state index < -0.39 is 17.6 Å². The van der Waals surface area contributed by atoms with Gasteiger partial charge in [-0.05, 0) is 51.3 Å². The average Bonchev–Trinajstić information content (AvgIpc) is 2.98. The minimum Gasteiger partial charge on any atom is -0.458 e. The Kier molecular flexibility index (Phi) is 7.37. The Bertz CT molecular complexity index is 905. The van der Waals surface area contributed by atoms with Crippen molar-refractivity contribution in [3.63, 3.8) is 0 Å². The Hall–Kier alpha value is -2.89. The first-order chi connectivity index (χ1) is 13.6. The summed E-state index contributed by atoms with van der Waals surface area (Å²) in [6.07, 6.45) is 4.33. The minimum atomic E-state index is -0.863. The first-order valence-electron chi connectivity index (χ1n) is 9.81. The van der Waals surface area contributed by atoms with Gasteiger partial charge in [-0.15, -0.1) is 0 Å². The average molecular weight is 399 g/mol. The number of hydrogen-bond donors (Lipinski definition) is 1. The van der Waals surface area contributed by atoms with E-state index in [1.807, 2.05) is 42.1 Å². The van der Waals surface area contributed by atoms with E-state index in [4.69, 9.17) is 4.74 Å². The lowest BCUT2D eigenvalue weighted by Gasteiger charge is -2.24. The zero-order chi connectivity index (χ0) is 21.6. The number of hydrogen-bond acceptors (Lipinski definition) is 4. The molecule has 1 heterocycles. The van der Waals surface area contributed by atoms with Crippen molar-refractivity contribution < 1.29 is 19.1 Å². The van der Waals surface area contributed by atoms with Crippen molar-refractivity contribution in [1.82, 2.24) is 9.88 Å². The monoisotopic (exact) mass is 398 g/mol. The van der Waals surface area contributed by atoms with Crippen molar-refractivity contribution in [2.75, 3.05) is 0 Å². The third-order valence-electron chi connectivity index (χ3n) is 4.53. The van der Waals surface area contributed by atoms with Gasteiger partial charge in [0, 0.05) is 37.0 Å². The molecule has 1 atom stereocenters. The van der Waals surface area contributed by atoms with Crippen LogP contribution >= 0.6 is 0 Å². The van der Waals surface area contributed by atoms with Gasteiger partial charge in [-0.1, -0.05) is 24.8 Å². The number of ketones is 1. The largest absolute Gasteiger partial charge is 0.458 e. The van der Waals surface area contributed by atoms with E-state index in [-0.39, 0.29) is 31.0 Å². The summed E-state index contributed by atoms with van der Waals surface area (Å²) in [5.41, 5.74) is 1.51. The topological polar surface area (TPSA) is 77.4 Å². The van der Waals surface area contributed by atoms with Gasteiger partial charge in [0.05, 0.1) is 0 Å². The van der Waals surface area contributed by atoms with Crippen LogP contribution in [0.5, 0.6) is 0 Å². The zero-order valence-electron chi connectivity index (χ0n) is 17.7. The van der Waals surface area contributed by atoms with E-state index in [0.29, 0.717) is 6.42 Å². The summed E-state index contributed by atoms with van der Waals surface area (Å²) in [6, 6.07) is 7.16. The van der Waals surface area contributed by atoms with Gasteiger partial charge in [-0.3, -0.25) is 9.59 Å². The van der Waals surface area contributed by atoms with Crippen LogP contribution in [0.2, 0.25) is 0 Å². The highest BCUT2D eigenvalue weighted by Crippen LogP contribution is 2.21. The second-order valence-corrected chi connectivity index (χ2v) is 8.15. The quantitative estimate of drug-likeness (QED) is 0.518. The van der Waals surface area contributed by atoms with E-state index in [0.717, 1.165) is 16.5 Å². The number of carbonyl (C=O) groups is 3. The molecular weight excluding hydrogens is 368 g/mol. The lowest BCUT2D eigenvalue weighted by atomic mass is 10.1. The molecule has 1 N–H and O–H groups in total. The van der Waals surface area contributed by atoms with Gasteiger partial charge in [-0.25, -0.2) is 4.79 Å². The molecule has 0 saturated heterocycles. The molecule has 2 rings (SSSR count). The van der Waals surface area contributed by atoms with Crippen molar-refractivity contribution in [1.29, 1.82) is 0 Å². The van der Waals surface area contributed by atoms with Crippen LogP contribution in [0.3, 0.4) is 0 Å². The van der Waals surface area contributed by atoms with Gasteiger partial charge in [0.2, 0.25) is 5.91 Å². The maximum atomic E-state index is 12.5. The van der Waals surface area contributed by atoms with Crippen LogP contribution in [-0.2, 0) is 32.6 Å². The number of amides is 1. The van der Waals surface area contributed by atoms with Crippen molar-refractivity contribution in [3.8, 4) is 0 Å². The number of rotatable bonds is 9. The lowest BCUT2D eigenvalue weighted by molar-refractivity contribution is -0.158. The fourth-order valence-corrected chi connectivity index (χ4v) is 3.15. The second kappa shape index (κ2) is 9.54. The maximum Gasteiger partial charge on any atom is 0.329 e. The number of allylic oxidation sites excluding steroid dienone is 1. The Labute approximate surface area is 171 Å². The molecule has 0 aliphatic rings. The van der Waals surface area contributed by atoms with Crippen LogP contribution in [0.4, 0.5) is 0 Å². The molecule has 0 fully saturated rings. The van der Waals surface area contributed by atoms with Gasteiger partial charge in [0.25, 0.3) is 0 Å². The second-order valence-electron chi connectivity index (χ2n) is 8.15. The summed E-state index contributed by atoms with van der Waals surface area (Å²) in [5.74, 6) is -0.962. The summed E-state index contributed by atoms with van der Waals surface area (Å²) < 4.78 is 7.43. The summed E-state index contributed by atoms with van der Waals surface area (Å²) in [7, 11) is 1.97. The molecule has 1 aromatic carbocycles. The SMILES string of the molecule is C=CC(=O)CC[C@H](NC(=O)CCc1cn(C)c2ccccc12)C(=O)OC(C)(C)C. The first kappa shape index (κ1) is 22.4. The summed E-state index contributed by atoms with van der Waals surface area (Å²) >= 11 is 0. The van der Waals surface area contributed by atoms with Crippen LogP contribution in [-0.4, -0.2) is 33.9 Å². The molecule has 2 aromatic rings.